The first-order valence-electron chi connectivity index (χ1n) is 14.9. The van der Waals surface area contributed by atoms with Gasteiger partial charge in [0.1, 0.15) is 0 Å². The normalized spacial score (nSPS) is 14.7. The van der Waals surface area contributed by atoms with Crippen LogP contribution in [0.4, 0.5) is 0 Å². The van der Waals surface area contributed by atoms with Crippen molar-refractivity contribution in [2.75, 3.05) is 20.1 Å². The van der Waals surface area contributed by atoms with Crippen LogP contribution in [0.3, 0.4) is 0 Å². The van der Waals surface area contributed by atoms with Crippen LogP contribution in [0.25, 0.3) is 35.5 Å². The molecule has 2 aliphatic rings. The van der Waals surface area contributed by atoms with Crippen molar-refractivity contribution in [2.45, 2.75) is 12.8 Å². The second-order valence-corrected chi connectivity index (χ2v) is 9.82. The molecular weight excluding hydrogens is 458 g/mol. The van der Waals surface area contributed by atoms with Gasteiger partial charge in [0.15, 0.2) is 0 Å². The fourth-order valence-electron chi connectivity index (χ4n) is 5.48. The van der Waals surface area contributed by atoms with Gasteiger partial charge in [-0.25, -0.2) is 0 Å². The molecule has 0 saturated carbocycles. The fraction of sp³-hybridized carbons (Fsp3) is 0.135. The van der Waals surface area contributed by atoms with E-state index >= 15 is 0 Å². The summed E-state index contributed by atoms with van der Waals surface area (Å²) >= 11 is 0. The Bertz CT molecular complexity index is 1460. The van der Waals surface area contributed by atoms with Gasteiger partial charge in [0.25, 0.3) is 0 Å². The molecule has 0 aromatic heterocycles. The molecule has 0 spiro atoms. The van der Waals surface area contributed by atoms with Crippen LogP contribution in [0.5, 0.6) is 0 Å². The summed E-state index contributed by atoms with van der Waals surface area (Å²) < 4.78 is 24.8. The molecule has 0 bridgehead atoms. The fourth-order valence-corrected chi connectivity index (χ4v) is 5.48. The van der Waals surface area contributed by atoms with Crippen LogP contribution in [-0.4, -0.2) is 25.0 Å². The largest absolute Gasteiger partial charge is 0.306 e. The van der Waals surface area contributed by atoms with Crippen molar-refractivity contribution in [2.24, 2.45) is 0 Å². The first kappa shape index (κ1) is 20.8. The van der Waals surface area contributed by atoms with E-state index in [0.717, 1.165) is 11.1 Å². The molecule has 0 N–H and O–H groups in total. The molecule has 4 aromatic rings. The molecule has 0 radical (unpaired) electrons. The smallest absolute Gasteiger partial charge is 0.0394 e. The van der Waals surface area contributed by atoms with Gasteiger partial charge in [0.2, 0.25) is 0 Å². The summed E-state index contributed by atoms with van der Waals surface area (Å²) in [4.78, 5) is 1.64. The van der Waals surface area contributed by atoms with Crippen molar-refractivity contribution in [3.05, 3.63) is 154 Å². The highest BCUT2D eigenvalue weighted by Gasteiger charge is 2.15. The molecule has 2 aliphatic carbocycles. The lowest BCUT2D eigenvalue weighted by Gasteiger charge is -2.17. The minimum Gasteiger partial charge on any atom is -0.306 e. The highest BCUT2D eigenvalue weighted by molar-refractivity contribution is 5.94. The Hall–Kier alpha value is -4.20. The lowest BCUT2D eigenvalue weighted by Crippen LogP contribution is -2.20. The van der Waals surface area contributed by atoms with E-state index in [1.165, 1.54) is 44.5 Å². The minimum atomic E-state index is -2.17. The molecule has 38 heavy (non-hydrogen) atoms. The van der Waals surface area contributed by atoms with Crippen LogP contribution < -0.4 is 0 Å². The molecule has 0 unspecified atom stereocenters. The molecular formula is C37H33N. The topological polar surface area (TPSA) is 3.24 Å². The van der Waals surface area contributed by atoms with E-state index < -0.39 is 6.98 Å². The quantitative estimate of drug-likeness (QED) is 0.223. The highest BCUT2D eigenvalue weighted by atomic mass is 15.1. The van der Waals surface area contributed by atoms with Gasteiger partial charge in [-0.1, -0.05) is 134 Å². The maximum Gasteiger partial charge on any atom is 0.0394 e. The Morgan fingerprint density at radius 1 is 0.500 bits per heavy atom. The number of nitrogens with zero attached hydrogens (tertiary/aromatic N) is 1. The number of hydrogen-bond donors (Lipinski definition) is 0. The maximum absolute atomic E-state index is 8.27. The third-order valence-electron chi connectivity index (χ3n) is 7.38. The van der Waals surface area contributed by atoms with E-state index in [1.54, 1.807) is 4.90 Å². The first-order valence-corrected chi connectivity index (χ1v) is 13.4. The summed E-state index contributed by atoms with van der Waals surface area (Å²) in [6.07, 6.45) is 14.4. The monoisotopic (exact) mass is 494 g/mol. The number of benzene rings is 4. The van der Waals surface area contributed by atoms with Crippen molar-refractivity contribution in [3.63, 3.8) is 0 Å². The third-order valence-corrected chi connectivity index (χ3v) is 7.38. The summed E-state index contributed by atoms with van der Waals surface area (Å²) in [5.41, 5.74) is 11.7. The van der Waals surface area contributed by atoms with Gasteiger partial charge >= 0.3 is 0 Å². The highest BCUT2D eigenvalue weighted by Crippen LogP contribution is 2.35. The van der Waals surface area contributed by atoms with Gasteiger partial charge in [-0.2, -0.15) is 0 Å². The average molecular weight is 495 g/mol. The lowest BCUT2D eigenvalue weighted by atomic mass is 9.92. The van der Waals surface area contributed by atoms with Gasteiger partial charge in [-0.05, 0) is 75.5 Å². The maximum atomic E-state index is 8.27. The summed E-state index contributed by atoms with van der Waals surface area (Å²) in [5.74, 6) is 0. The predicted molar refractivity (Wildman–Crippen MR) is 165 cm³/mol. The zero-order chi connectivity index (χ0) is 28.2. The summed E-state index contributed by atoms with van der Waals surface area (Å²) in [7, 11) is 0. The van der Waals surface area contributed by atoms with Crippen LogP contribution in [0.1, 0.15) is 61.5 Å². The molecule has 0 amide bonds. The predicted octanol–water partition coefficient (Wildman–Crippen LogP) is 8.93. The Morgan fingerprint density at radius 2 is 0.816 bits per heavy atom. The van der Waals surface area contributed by atoms with E-state index in [-0.39, 0.29) is 0 Å². The van der Waals surface area contributed by atoms with Gasteiger partial charge in [-0.15, -0.1) is 0 Å². The number of rotatable bonds is 6. The zero-order valence-electron chi connectivity index (χ0n) is 24.5. The van der Waals surface area contributed by atoms with E-state index in [4.69, 9.17) is 4.11 Å². The Kier molecular flexibility index (Phi) is 6.05. The van der Waals surface area contributed by atoms with Crippen molar-refractivity contribution in [1.82, 2.24) is 4.90 Å². The van der Waals surface area contributed by atoms with Crippen molar-refractivity contribution < 1.29 is 4.11 Å². The molecule has 1 heteroatoms. The Morgan fingerprint density at radius 3 is 1.13 bits per heavy atom. The van der Waals surface area contributed by atoms with Crippen molar-refractivity contribution >= 4 is 35.5 Å². The minimum absolute atomic E-state index is 0.454. The standard InChI is InChI=1S/C37H33N/c1-38(26-10-20-36-32-16-6-2-12-28(32)22-23-29-13-3-7-17-33(29)36)27-11-21-37-34-18-8-4-14-30(34)24-25-31-15-5-9-19-35(31)37/h2-9,12-25H,10-11,26-27H2,1H3/i1D3. The third kappa shape index (κ3) is 4.98. The second kappa shape index (κ2) is 11.0. The van der Waals surface area contributed by atoms with Crippen LogP contribution >= 0.6 is 0 Å². The second-order valence-electron chi connectivity index (χ2n) is 9.82. The molecule has 0 saturated heterocycles. The van der Waals surface area contributed by atoms with E-state index in [2.05, 4.69) is 134 Å². The molecule has 186 valence electrons. The van der Waals surface area contributed by atoms with Crippen LogP contribution in [0, 0.1) is 0 Å². The lowest BCUT2D eigenvalue weighted by molar-refractivity contribution is 0.348. The van der Waals surface area contributed by atoms with Gasteiger partial charge < -0.3 is 4.90 Å². The van der Waals surface area contributed by atoms with Crippen LogP contribution in [0.2, 0.25) is 0 Å². The summed E-state index contributed by atoms with van der Waals surface area (Å²) in [6, 6.07) is 33.6. The van der Waals surface area contributed by atoms with Gasteiger partial charge in [-0.3, -0.25) is 0 Å². The van der Waals surface area contributed by atoms with Crippen molar-refractivity contribution in [3.8, 4) is 0 Å². The molecule has 1 nitrogen and oxygen atoms in total. The molecule has 0 atom stereocenters. The van der Waals surface area contributed by atoms with Gasteiger partial charge in [0.05, 0.1) is 0 Å². The zero-order valence-corrected chi connectivity index (χ0v) is 21.5. The Labute approximate surface area is 231 Å². The van der Waals surface area contributed by atoms with E-state index in [1.807, 2.05) is 0 Å². The van der Waals surface area contributed by atoms with E-state index in [9.17, 15) is 0 Å². The SMILES string of the molecule is [2H]C([2H])([2H])N(CCC=C1c2ccccc2C=Cc2ccccc21)CCC=C1c2ccccc2C=Cc2ccccc21. The number of fused-ring (bicyclic) bond motifs is 4. The molecule has 0 aliphatic heterocycles. The molecule has 6 rings (SSSR count). The summed E-state index contributed by atoms with van der Waals surface area (Å²) in [5, 5.41) is 0. The average Bonchev–Trinajstić information content (AvgIpc) is 3.24. The molecule has 0 fully saturated rings. The van der Waals surface area contributed by atoms with Crippen LogP contribution in [-0.2, 0) is 0 Å². The van der Waals surface area contributed by atoms with Crippen LogP contribution in [0.15, 0.2) is 109 Å². The molecule has 4 aromatic carbocycles. The van der Waals surface area contributed by atoms with Crippen molar-refractivity contribution in [1.29, 1.82) is 0 Å². The Balaban J connectivity index is 1.25. The first-order chi connectivity index (χ1) is 20.0. The summed E-state index contributed by atoms with van der Waals surface area (Å²) in [6.45, 7) is -1.26. The van der Waals surface area contributed by atoms with E-state index in [0.29, 0.717) is 25.9 Å². The number of hydrogen-bond acceptors (Lipinski definition) is 1. The van der Waals surface area contributed by atoms with Gasteiger partial charge in [0, 0.05) is 17.2 Å². The molecule has 0 heterocycles.